The highest BCUT2D eigenvalue weighted by atomic mass is 35.5. The minimum Gasteiger partial charge on any atom is -0.481 e. The monoisotopic (exact) mass is 406 g/mol. The predicted molar refractivity (Wildman–Crippen MR) is 91.4 cm³/mol. The van der Waals surface area contributed by atoms with E-state index in [9.17, 15) is 17.6 Å². The second-order valence-electron chi connectivity index (χ2n) is 4.88. The zero-order chi connectivity index (χ0) is 18.6. The molecule has 2 aromatic rings. The van der Waals surface area contributed by atoms with Gasteiger partial charge < -0.3 is 4.74 Å². The van der Waals surface area contributed by atoms with Crippen molar-refractivity contribution >= 4 is 39.1 Å². The molecular weight excluding hydrogens is 394 g/mol. The van der Waals surface area contributed by atoms with Crippen molar-refractivity contribution in [2.24, 2.45) is 0 Å². The van der Waals surface area contributed by atoms with Crippen LogP contribution < -0.4 is 15.0 Å². The maximum Gasteiger partial charge on any atom is 0.275 e. The number of hydrogen-bond donors (Lipinski definition) is 2. The van der Waals surface area contributed by atoms with E-state index in [2.05, 4.69) is 0 Å². The van der Waals surface area contributed by atoms with Gasteiger partial charge in [-0.1, -0.05) is 23.2 Å². The number of carbonyl (C=O) groups is 1. The average Bonchev–Trinajstić information content (AvgIpc) is 2.57. The molecule has 0 aliphatic heterocycles. The first kappa shape index (κ1) is 19.5. The maximum atomic E-state index is 12.8. The smallest absolute Gasteiger partial charge is 0.275 e. The highest BCUT2D eigenvalue weighted by Gasteiger charge is 2.20. The lowest BCUT2D eigenvalue weighted by atomic mass is 10.3. The molecule has 2 N–H and O–H groups in total. The van der Waals surface area contributed by atoms with Crippen LogP contribution in [0.1, 0.15) is 6.92 Å². The molecule has 2 aromatic carbocycles. The Balaban J connectivity index is 1.97. The number of ether oxygens (including phenoxy) is 1. The van der Waals surface area contributed by atoms with Crippen LogP contribution in [0.2, 0.25) is 10.0 Å². The van der Waals surface area contributed by atoms with Crippen molar-refractivity contribution in [1.29, 1.82) is 0 Å². The number of hydrazine groups is 1. The van der Waals surface area contributed by atoms with E-state index >= 15 is 0 Å². The Hall–Kier alpha value is -1.87. The van der Waals surface area contributed by atoms with E-state index in [1.54, 1.807) is 0 Å². The van der Waals surface area contributed by atoms with E-state index < -0.39 is 27.9 Å². The number of sulfonamides is 1. The Bertz CT molecular complexity index is 876. The summed E-state index contributed by atoms with van der Waals surface area (Å²) in [5, 5.41) is 0.259. The fourth-order valence-corrected chi connectivity index (χ4v) is 2.93. The molecule has 0 saturated carbocycles. The van der Waals surface area contributed by atoms with Gasteiger partial charge in [0.25, 0.3) is 15.9 Å². The van der Waals surface area contributed by atoms with Crippen LogP contribution in [0, 0.1) is 5.82 Å². The van der Waals surface area contributed by atoms with Crippen molar-refractivity contribution in [3.8, 4) is 5.75 Å². The number of hydrogen-bond acceptors (Lipinski definition) is 4. The van der Waals surface area contributed by atoms with Crippen LogP contribution in [0.25, 0.3) is 0 Å². The van der Waals surface area contributed by atoms with Crippen LogP contribution in [0.5, 0.6) is 5.75 Å². The lowest BCUT2D eigenvalue weighted by molar-refractivity contribution is -0.127. The zero-order valence-corrected chi connectivity index (χ0v) is 15.1. The molecule has 134 valence electrons. The summed E-state index contributed by atoms with van der Waals surface area (Å²) >= 11 is 11.5. The first-order valence-corrected chi connectivity index (χ1v) is 9.12. The Kier molecular flexibility index (Phi) is 6.23. The van der Waals surface area contributed by atoms with Gasteiger partial charge in [-0.2, -0.15) is 0 Å². The van der Waals surface area contributed by atoms with Gasteiger partial charge in [0.2, 0.25) is 0 Å². The molecule has 0 spiro atoms. The lowest BCUT2D eigenvalue weighted by Gasteiger charge is -2.15. The van der Waals surface area contributed by atoms with E-state index in [1.807, 2.05) is 10.3 Å². The van der Waals surface area contributed by atoms with E-state index in [0.29, 0.717) is 0 Å². The molecule has 0 fully saturated rings. The Morgan fingerprint density at radius 3 is 2.36 bits per heavy atom. The molecule has 0 aliphatic rings. The molecule has 0 aliphatic carbocycles. The third kappa shape index (κ3) is 5.30. The van der Waals surface area contributed by atoms with Crippen LogP contribution in [0.15, 0.2) is 47.4 Å². The lowest BCUT2D eigenvalue weighted by Crippen LogP contribution is -2.47. The number of amides is 1. The topological polar surface area (TPSA) is 84.5 Å². The zero-order valence-electron chi connectivity index (χ0n) is 12.8. The van der Waals surface area contributed by atoms with Crippen molar-refractivity contribution in [3.05, 3.63) is 58.3 Å². The van der Waals surface area contributed by atoms with Crippen molar-refractivity contribution in [2.75, 3.05) is 0 Å². The molecule has 0 unspecified atom stereocenters. The largest absolute Gasteiger partial charge is 0.481 e. The van der Waals surface area contributed by atoms with Crippen LogP contribution in [0.4, 0.5) is 4.39 Å². The average molecular weight is 407 g/mol. The third-order valence-electron chi connectivity index (χ3n) is 3.01. The van der Waals surface area contributed by atoms with Crippen molar-refractivity contribution in [3.63, 3.8) is 0 Å². The van der Waals surface area contributed by atoms with Crippen molar-refractivity contribution in [1.82, 2.24) is 10.3 Å². The molecule has 0 saturated heterocycles. The number of benzene rings is 2. The molecule has 0 aromatic heterocycles. The van der Waals surface area contributed by atoms with Crippen LogP contribution in [-0.2, 0) is 14.8 Å². The SMILES string of the molecule is C[C@H](Oc1ccc(F)cc1)C(=O)NNS(=O)(=O)c1ccc(Cl)c(Cl)c1. The quantitative estimate of drug-likeness (QED) is 0.722. The van der Waals surface area contributed by atoms with Gasteiger partial charge in [0.05, 0.1) is 14.9 Å². The summed E-state index contributed by atoms with van der Waals surface area (Å²) in [6, 6.07) is 8.75. The fourth-order valence-electron chi connectivity index (χ4n) is 1.69. The summed E-state index contributed by atoms with van der Waals surface area (Å²) in [7, 11) is -4.04. The Labute approximate surface area is 153 Å². The summed E-state index contributed by atoms with van der Waals surface area (Å²) in [4.78, 5) is 13.7. The standard InChI is InChI=1S/C15H13Cl2FN2O4S/c1-9(24-11-4-2-10(18)3-5-11)15(21)19-20-25(22,23)12-6-7-13(16)14(17)8-12/h2-9,20H,1H3,(H,19,21)/t9-/m0/s1. The van der Waals surface area contributed by atoms with Gasteiger partial charge in [0.1, 0.15) is 11.6 Å². The summed E-state index contributed by atoms with van der Waals surface area (Å²) in [5.41, 5.74) is 2.03. The van der Waals surface area contributed by atoms with E-state index in [0.717, 1.165) is 6.07 Å². The van der Waals surface area contributed by atoms with Gasteiger partial charge in [0, 0.05) is 0 Å². The Morgan fingerprint density at radius 1 is 1.12 bits per heavy atom. The minimum absolute atomic E-state index is 0.0591. The summed E-state index contributed by atoms with van der Waals surface area (Å²) in [5.74, 6) is -0.928. The second kappa shape index (κ2) is 8.01. The molecular formula is C15H13Cl2FN2O4S. The minimum atomic E-state index is -4.04. The number of nitrogens with one attached hydrogen (secondary N) is 2. The van der Waals surface area contributed by atoms with Crippen LogP contribution in [0.3, 0.4) is 0 Å². The number of rotatable bonds is 6. The van der Waals surface area contributed by atoms with Crippen LogP contribution in [-0.4, -0.2) is 20.4 Å². The Morgan fingerprint density at radius 2 is 1.76 bits per heavy atom. The highest BCUT2D eigenvalue weighted by Crippen LogP contribution is 2.24. The van der Waals surface area contributed by atoms with Gasteiger partial charge in [-0.05, 0) is 49.4 Å². The van der Waals surface area contributed by atoms with Gasteiger partial charge in [0.15, 0.2) is 6.10 Å². The molecule has 2 rings (SSSR count). The maximum absolute atomic E-state index is 12.8. The second-order valence-corrected chi connectivity index (χ2v) is 7.38. The highest BCUT2D eigenvalue weighted by molar-refractivity contribution is 7.89. The summed E-state index contributed by atoms with van der Waals surface area (Å²) in [6.07, 6.45) is -1.03. The molecule has 0 bridgehead atoms. The van der Waals surface area contributed by atoms with E-state index in [4.69, 9.17) is 27.9 Å². The third-order valence-corrected chi connectivity index (χ3v) is 4.99. The summed E-state index contributed by atoms with van der Waals surface area (Å²) in [6.45, 7) is 1.41. The fraction of sp³-hybridized carbons (Fsp3) is 0.133. The van der Waals surface area contributed by atoms with Gasteiger partial charge in [-0.25, -0.2) is 12.8 Å². The van der Waals surface area contributed by atoms with Crippen LogP contribution >= 0.6 is 23.2 Å². The molecule has 0 heterocycles. The molecule has 1 amide bonds. The first-order chi connectivity index (χ1) is 11.7. The molecule has 10 heteroatoms. The molecule has 1 atom stereocenters. The molecule has 25 heavy (non-hydrogen) atoms. The summed E-state index contributed by atoms with van der Waals surface area (Å²) < 4.78 is 42.3. The van der Waals surface area contributed by atoms with Gasteiger partial charge >= 0.3 is 0 Å². The van der Waals surface area contributed by atoms with Crippen molar-refractivity contribution in [2.45, 2.75) is 17.9 Å². The normalized spacial score (nSPS) is 12.5. The number of halogens is 3. The van der Waals surface area contributed by atoms with Gasteiger partial charge in [-0.3, -0.25) is 10.2 Å². The van der Waals surface area contributed by atoms with E-state index in [-0.39, 0.29) is 20.7 Å². The van der Waals surface area contributed by atoms with E-state index in [1.165, 1.54) is 43.3 Å². The molecule has 6 nitrogen and oxygen atoms in total. The predicted octanol–water partition coefficient (Wildman–Crippen LogP) is 2.91. The van der Waals surface area contributed by atoms with Crippen molar-refractivity contribution < 1.29 is 22.3 Å². The number of carbonyl (C=O) groups excluding carboxylic acids is 1. The first-order valence-electron chi connectivity index (χ1n) is 6.88. The van der Waals surface area contributed by atoms with Gasteiger partial charge in [-0.15, -0.1) is 4.83 Å². The molecule has 0 radical (unpaired) electrons.